The van der Waals surface area contributed by atoms with E-state index < -0.39 is 0 Å². The van der Waals surface area contributed by atoms with E-state index in [1.165, 1.54) is 16.0 Å². The van der Waals surface area contributed by atoms with Crippen molar-refractivity contribution in [3.63, 3.8) is 0 Å². The van der Waals surface area contributed by atoms with Gasteiger partial charge in [0.2, 0.25) is 5.13 Å². The van der Waals surface area contributed by atoms with E-state index in [0.717, 1.165) is 34.3 Å². The SMILES string of the molecule is CCCc1[nH]n(-c2nc3ccccc3s2)c(=O)c1C(C)=Nc1ncccc1C. The standard InChI is InChI=1S/C21H21N5OS/c1-4-8-16-18(14(3)23-19-13(2)9-7-12-22-19)20(27)26(25-16)21-24-15-10-5-6-11-17(15)28-21/h5-7,9-12,25H,4,8H2,1-3H3. The van der Waals surface area contributed by atoms with Crippen molar-refractivity contribution in [2.24, 2.45) is 4.99 Å². The number of hydrogen-bond acceptors (Lipinski definition) is 5. The fraction of sp³-hybridized carbons (Fsp3) is 0.238. The summed E-state index contributed by atoms with van der Waals surface area (Å²) in [5, 5.41) is 3.90. The van der Waals surface area contributed by atoms with Crippen LogP contribution in [0.5, 0.6) is 0 Å². The molecule has 0 radical (unpaired) electrons. The molecule has 0 fully saturated rings. The van der Waals surface area contributed by atoms with Gasteiger partial charge in [-0.15, -0.1) is 0 Å². The fourth-order valence-electron chi connectivity index (χ4n) is 3.19. The molecule has 0 atom stereocenters. The molecule has 7 heteroatoms. The number of benzene rings is 1. The van der Waals surface area contributed by atoms with Crippen LogP contribution in [-0.4, -0.2) is 25.5 Å². The van der Waals surface area contributed by atoms with Crippen molar-refractivity contribution in [1.82, 2.24) is 19.7 Å². The first kappa shape index (κ1) is 18.3. The van der Waals surface area contributed by atoms with E-state index in [0.29, 0.717) is 22.2 Å². The third-order valence-corrected chi connectivity index (χ3v) is 5.58. The summed E-state index contributed by atoms with van der Waals surface area (Å²) >= 11 is 1.49. The fourth-order valence-corrected chi connectivity index (χ4v) is 4.11. The minimum Gasteiger partial charge on any atom is -0.292 e. The lowest BCUT2D eigenvalue weighted by Crippen LogP contribution is -2.19. The van der Waals surface area contributed by atoms with E-state index in [2.05, 4.69) is 27.0 Å². The number of aliphatic imine (C=N–C) groups is 1. The zero-order valence-electron chi connectivity index (χ0n) is 16.1. The Labute approximate surface area is 166 Å². The van der Waals surface area contributed by atoms with Crippen LogP contribution in [0.1, 0.15) is 37.1 Å². The molecule has 0 spiro atoms. The molecule has 1 aromatic carbocycles. The number of aromatic amines is 1. The van der Waals surface area contributed by atoms with E-state index in [9.17, 15) is 4.79 Å². The number of nitrogens with zero attached hydrogens (tertiary/aromatic N) is 4. The largest absolute Gasteiger partial charge is 0.292 e. The number of fused-ring (bicyclic) bond motifs is 1. The smallest absolute Gasteiger partial charge is 0.282 e. The van der Waals surface area contributed by atoms with Crippen molar-refractivity contribution in [2.75, 3.05) is 0 Å². The Balaban J connectivity index is 1.85. The molecule has 0 saturated carbocycles. The van der Waals surface area contributed by atoms with E-state index in [4.69, 9.17) is 0 Å². The Morgan fingerprint density at radius 3 is 2.82 bits per heavy atom. The van der Waals surface area contributed by atoms with Crippen LogP contribution in [-0.2, 0) is 6.42 Å². The quantitative estimate of drug-likeness (QED) is 0.506. The monoisotopic (exact) mass is 391 g/mol. The third-order valence-electron chi connectivity index (χ3n) is 4.56. The number of nitrogens with one attached hydrogen (secondary N) is 1. The van der Waals surface area contributed by atoms with Crippen molar-refractivity contribution < 1.29 is 0 Å². The summed E-state index contributed by atoms with van der Waals surface area (Å²) in [5.74, 6) is 0.634. The molecule has 0 aliphatic carbocycles. The molecule has 4 rings (SSSR count). The van der Waals surface area contributed by atoms with Gasteiger partial charge < -0.3 is 0 Å². The third kappa shape index (κ3) is 3.29. The molecule has 0 unspecified atom stereocenters. The summed E-state index contributed by atoms with van der Waals surface area (Å²) in [7, 11) is 0. The Morgan fingerprint density at radius 1 is 1.25 bits per heavy atom. The first-order valence-corrected chi connectivity index (χ1v) is 10.1. The molecule has 0 aliphatic rings. The molecule has 0 saturated heterocycles. The van der Waals surface area contributed by atoms with Crippen LogP contribution in [0.4, 0.5) is 5.82 Å². The van der Waals surface area contributed by atoms with E-state index in [1.807, 2.05) is 50.2 Å². The molecule has 6 nitrogen and oxygen atoms in total. The summed E-state index contributed by atoms with van der Waals surface area (Å²) in [6, 6.07) is 11.7. The van der Waals surface area contributed by atoms with Gasteiger partial charge in [-0.05, 0) is 44.0 Å². The highest BCUT2D eigenvalue weighted by molar-refractivity contribution is 7.20. The van der Waals surface area contributed by atoms with Crippen LogP contribution in [0.3, 0.4) is 0 Å². The molecular weight excluding hydrogens is 370 g/mol. The maximum Gasteiger partial charge on any atom is 0.282 e. The van der Waals surface area contributed by atoms with Crippen molar-refractivity contribution >= 4 is 33.1 Å². The van der Waals surface area contributed by atoms with E-state index in [-0.39, 0.29) is 5.56 Å². The number of aryl methyl sites for hydroxylation is 2. The Morgan fingerprint density at radius 2 is 2.07 bits per heavy atom. The highest BCUT2D eigenvalue weighted by atomic mass is 32.1. The second-order valence-corrected chi connectivity index (χ2v) is 7.67. The van der Waals surface area contributed by atoms with Crippen molar-refractivity contribution in [3.05, 3.63) is 69.8 Å². The van der Waals surface area contributed by atoms with Crippen LogP contribution in [0.25, 0.3) is 15.3 Å². The van der Waals surface area contributed by atoms with Crippen LogP contribution < -0.4 is 5.56 Å². The van der Waals surface area contributed by atoms with Gasteiger partial charge in [0.15, 0.2) is 5.82 Å². The zero-order valence-corrected chi connectivity index (χ0v) is 16.9. The molecule has 142 valence electrons. The highest BCUT2D eigenvalue weighted by Crippen LogP contribution is 2.24. The number of thiazole rings is 1. The first-order chi connectivity index (χ1) is 13.6. The number of para-hydroxylation sites is 1. The summed E-state index contributed by atoms with van der Waals surface area (Å²) in [5.41, 5.74) is 3.87. The van der Waals surface area contributed by atoms with Crippen LogP contribution in [0.15, 0.2) is 52.4 Å². The van der Waals surface area contributed by atoms with E-state index in [1.54, 1.807) is 6.20 Å². The highest BCUT2D eigenvalue weighted by Gasteiger charge is 2.19. The van der Waals surface area contributed by atoms with Crippen molar-refractivity contribution in [1.29, 1.82) is 0 Å². The van der Waals surface area contributed by atoms with Crippen molar-refractivity contribution in [2.45, 2.75) is 33.6 Å². The maximum atomic E-state index is 13.3. The topological polar surface area (TPSA) is 75.9 Å². The van der Waals surface area contributed by atoms with Gasteiger partial charge >= 0.3 is 0 Å². The summed E-state index contributed by atoms with van der Waals surface area (Å²) in [6.45, 7) is 5.91. The number of pyridine rings is 1. The van der Waals surface area contributed by atoms with Gasteiger partial charge in [0, 0.05) is 11.9 Å². The number of hydrogen-bond donors (Lipinski definition) is 1. The van der Waals surface area contributed by atoms with Gasteiger partial charge in [-0.25, -0.2) is 15.0 Å². The normalized spacial score (nSPS) is 12.0. The predicted octanol–water partition coefficient (Wildman–Crippen LogP) is 4.57. The van der Waals surface area contributed by atoms with Gasteiger partial charge in [0.25, 0.3) is 5.56 Å². The van der Waals surface area contributed by atoms with Crippen molar-refractivity contribution in [3.8, 4) is 5.13 Å². The second-order valence-electron chi connectivity index (χ2n) is 6.66. The minimum absolute atomic E-state index is 0.127. The molecule has 4 aromatic rings. The zero-order chi connectivity index (χ0) is 19.7. The molecule has 1 N–H and O–H groups in total. The predicted molar refractivity (Wildman–Crippen MR) is 114 cm³/mol. The van der Waals surface area contributed by atoms with Gasteiger partial charge in [0.1, 0.15) is 0 Å². The molecule has 3 heterocycles. The van der Waals surface area contributed by atoms with Gasteiger partial charge in [-0.2, -0.15) is 4.68 Å². The number of aromatic nitrogens is 4. The molecular formula is C21H21N5OS. The van der Waals surface area contributed by atoms with Gasteiger partial charge in [-0.3, -0.25) is 9.89 Å². The van der Waals surface area contributed by atoms with Crippen LogP contribution >= 0.6 is 11.3 Å². The first-order valence-electron chi connectivity index (χ1n) is 9.25. The second kappa shape index (κ2) is 7.52. The molecule has 3 aromatic heterocycles. The van der Waals surface area contributed by atoms with Crippen LogP contribution in [0, 0.1) is 6.92 Å². The lowest BCUT2D eigenvalue weighted by Gasteiger charge is -2.02. The van der Waals surface area contributed by atoms with Crippen LogP contribution in [0.2, 0.25) is 0 Å². The van der Waals surface area contributed by atoms with E-state index >= 15 is 0 Å². The number of H-pyrrole nitrogens is 1. The molecule has 0 bridgehead atoms. The minimum atomic E-state index is -0.127. The summed E-state index contributed by atoms with van der Waals surface area (Å²) in [6.07, 6.45) is 3.39. The maximum absolute atomic E-state index is 13.3. The lowest BCUT2D eigenvalue weighted by molar-refractivity contribution is 0.790. The summed E-state index contributed by atoms with van der Waals surface area (Å²) in [4.78, 5) is 26.8. The Kier molecular flexibility index (Phi) is 4.92. The lowest BCUT2D eigenvalue weighted by atomic mass is 10.1. The average Bonchev–Trinajstić information content (AvgIpc) is 3.24. The molecule has 28 heavy (non-hydrogen) atoms. The average molecular weight is 392 g/mol. The van der Waals surface area contributed by atoms with Gasteiger partial charge in [0.05, 0.1) is 21.5 Å². The molecule has 0 aliphatic heterocycles. The Bertz CT molecular complexity index is 1200. The Hall–Kier alpha value is -3.06. The number of rotatable bonds is 5. The molecule has 0 amide bonds. The van der Waals surface area contributed by atoms with Gasteiger partial charge in [-0.1, -0.05) is 42.9 Å². The summed E-state index contributed by atoms with van der Waals surface area (Å²) < 4.78 is 2.59.